The van der Waals surface area contributed by atoms with Crippen LogP contribution >= 0.6 is 0 Å². The van der Waals surface area contributed by atoms with Crippen LogP contribution in [-0.4, -0.2) is 39.1 Å². The summed E-state index contributed by atoms with van der Waals surface area (Å²) in [5, 5.41) is 39.9. The van der Waals surface area contributed by atoms with Crippen molar-refractivity contribution in [2.75, 3.05) is 13.6 Å². The van der Waals surface area contributed by atoms with Gasteiger partial charge in [0.2, 0.25) is 0 Å². The Hall–Kier alpha value is -0.946. The minimum atomic E-state index is -0.750. The molecule has 0 spiro atoms. The molecule has 2 aromatic rings. The van der Waals surface area contributed by atoms with Crippen molar-refractivity contribution in [2.45, 2.75) is 0 Å². The fraction of sp³-hybridized carbons (Fsp3) is 0.167. The topological polar surface area (TPSA) is 101 Å². The zero-order chi connectivity index (χ0) is 13.1. The zero-order valence-electron chi connectivity index (χ0n) is 9.69. The van der Waals surface area contributed by atoms with E-state index in [1.165, 1.54) is 0 Å². The zero-order valence-corrected chi connectivity index (χ0v) is 11.3. The monoisotopic (exact) mass is 288 g/mol. The maximum absolute atomic E-state index is 9.13. The SMILES string of the molecule is OCO.OCO.Oc1ccc2ccccc2c1.[Ti]. The Morgan fingerprint density at radius 2 is 1.17 bits per heavy atom. The summed E-state index contributed by atoms with van der Waals surface area (Å²) < 4.78 is 0. The van der Waals surface area contributed by atoms with Gasteiger partial charge < -0.3 is 25.5 Å². The quantitative estimate of drug-likeness (QED) is 0.357. The standard InChI is InChI=1S/C10H8O.2CH4O2.Ti/c11-10-6-5-8-3-1-2-4-9(8)7-10;2*2-1-3;/h1-7,11H;2*2-3H,1H2;. The number of aliphatic hydroxyl groups excluding tert-OH is 2. The summed E-state index contributed by atoms with van der Waals surface area (Å²) in [7, 11) is 0. The molecule has 0 aliphatic heterocycles. The van der Waals surface area contributed by atoms with Gasteiger partial charge in [-0.1, -0.05) is 30.3 Å². The van der Waals surface area contributed by atoms with E-state index in [4.69, 9.17) is 25.5 Å². The van der Waals surface area contributed by atoms with Crippen molar-refractivity contribution in [1.82, 2.24) is 0 Å². The minimum Gasteiger partial charge on any atom is -0.508 e. The fourth-order valence-corrected chi connectivity index (χ4v) is 1.18. The van der Waals surface area contributed by atoms with E-state index in [0.717, 1.165) is 10.8 Å². The van der Waals surface area contributed by atoms with Gasteiger partial charge in [0.05, 0.1) is 0 Å². The van der Waals surface area contributed by atoms with Gasteiger partial charge >= 0.3 is 0 Å². The Balaban J connectivity index is 0. The molecule has 0 aliphatic carbocycles. The molecule has 0 aliphatic rings. The van der Waals surface area contributed by atoms with Crippen molar-refractivity contribution in [3.8, 4) is 5.75 Å². The molecule has 18 heavy (non-hydrogen) atoms. The number of hydrogen-bond donors (Lipinski definition) is 5. The molecule has 0 fully saturated rings. The number of benzene rings is 2. The molecule has 0 unspecified atom stereocenters. The third-order valence-electron chi connectivity index (χ3n) is 1.73. The molecule has 0 atom stereocenters. The van der Waals surface area contributed by atoms with Gasteiger partial charge in [-0.05, 0) is 22.9 Å². The van der Waals surface area contributed by atoms with Gasteiger partial charge in [-0.2, -0.15) is 0 Å². The normalized spacial score (nSPS) is 8.22. The van der Waals surface area contributed by atoms with Crippen molar-refractivity contribution in [1.29, 1.82) is 0 Å². The van der Waals surface area contributed by atoms with Gasteiger partial charge in [0.25, 0.3) is 0 Å². The van der Waals surface area contributed by atoms with Crippen molar-refractivity contribution < 1.29 is 47.3 Å². The Morgan fingerprint density at radius 3 is 1.67 bits per heavy atom. The molecular weight excluding hydrogens is 272 g/mol. The maximum atomic E-state index is 9.13. The molecule has 0 saturated carbocycles. The molecule has 0 heterocycles. The Kier molecular flexibility index (Phi) is 13.5. The average Bonchev–Trinajstić information content (AvgIpc) is 2.31. The molecule has 0 amide bonds. The second-order valence-electron chi connectivity index (χ2n) is 2.81. The third-order valence-corrected chi connectivity index (χ3v) is 1.73. The van der Waals surface area contributed by atoms with Crippen LogP contribution in [0.2, 0.25) is 0 Å². The van der Waals surface area contributed by atoms with Gasteiger partial charge in [0, 0.05) is 21.7 Å². The summed E-state index contributed by atoms with van der Waals surface area (Å²) in [6.45, 7) is -1.50. The summed E-state index contributed by atoms with van der Waals surface area (Å²) in [6, 6.07) is 13.3. The number of phenols is 1. The summed E-state index contributed by atoms with van der Waals surface area (Å²) >= 11 is 0. The van der Waals surface area contributed by atoms with E-state index in [9.17, 15) is 0 Å². The number of phenolic OH excluding ortho intramolecular Hbond substituents is 1. The van der Waals surface area contributed by atoms with Gasteiger partial charge in [0.15, 0.2) is 0 Å². The van der Waals surface area contributed by atoms with Crippen LogP contribution in [0.25, 0.3) is 10.8 Å². The number of fused-ring (bicyclic) bond motifs is 1. The van der Waals surface area contributed by atoms with E-state index < -0.39 is 13.6 Å². The van der Waals surface area contributed by atoms with E-state index in [0.29, 0.717) is 5.75 Å². The van der Waals surface area contributed by atoms with Crippen LogP contribution in [0.1, 0.15) is 0 Å². The largest absolute Gasteiger partial charge is 0.508 e. The van der Waals surface area contributed by atoms with Gasteiger partial charge in [-0.3, -0.25) is 0 Å². The molecule has 2 aromatic carbocycles. The molecule has 5 nitrogen and oxygen atoms in total. The van der Waals surface area contributed by atoms with Gasteiger partial charge in [0.1, 0.15) is 19.3 Å². The Bertz CT molecular complexity index is 420. The first-order valence-electron chi connectivity index (χ1n) is 4.80. The summed E-state index contributed by atoms with van der Waals surface area (Å²) in [5.74, 6) is 0.323. The fourth-order valence-electron chi connectivity index (χ4n) is 1.18. The van der Waals surface area contributed by atoms with E-state index >= 15 is 0 Å². The second kappa shape index (κ2) is 12.5. The molecule has 5 N–H and O–H groups in total. The molecule has 98 valence electrons. The first kappa shape index (κ1) is 19.4. The summed E-state index contributed by atoms with van der Waals surface area (Å²) in [6.07, 6.45) is 0. The number of aliphatic hydroxyl groups is 4. The number of aromatic hydroxyl groups is 1. The van der Waals surface area contributed by atoms with Crippen LogP contribution in [-0.2, 0) is 21.7 Å². The third kappa shape index (κ3) is 8.19. The van der Waals surface area contributed by atoms with Crippen LogP contribution in [0, 0.1) is 0 Å². The van der Waals surface area contributed by atoms with E-state index in [1.807, 2.05) is 30.3 Å². The van der Waals surface area contributed by atoms with Crippen LogP contribution in [0.5, 0.6) is 5.75 Å². The van der Waals surface area contributed by atoms with Crippen molar-refractivity contribution >= 4 is 10.8 Å². The van der Waals surface area contributed by atoms with Gasteiger partial charge in [-0.25, -0.2) is 0 Å². The van der Waals surface area contributed by atoms with Crippen molar-refractivity contribution in [3.63, 3.8) is 0 Å². The predicted octanol–water partition coefficient (Wildman–Crippen LogP) is 0.400. The van der Waals surface area contributed by atoms with Crippen LogP contribution < -0.4 is 0 Å². The number of rotatable bonds is 0. The summed E-state index contributed by atoms with van der Waals surface area (Å²) in [5.41, 5.74) is 0. The smallest absolute Gasteiger partial charge is 0.140 e. The van der Waals surface area contributed by atoms with Crippen LogP contribution in [0.4, 0.5) is 0 Å². The summed E-state index contributed by atoms with van der Waals surface area (Å²) in [4.78, 5) is 0. The van der Waals surface area contributed by atoms with Crippen molar-refractivity contribution in [2.24, 2.45) is 0 Å². The van der Waals surface area contributed by atoms with Crippen molar-refractivity contribution in [3.05, 3.63) is 42.5 Å². The maximum Gasteiger partial charge on any atom is 0.140 e. The average molecular weight is 288 g/mol. The second-order valence-corrected chi connectivity index (χ2v) is 2.81. The Morgan fingerprint density at radius 1 is 0.722 bits per heavy atom. The van der Waals surface area contributed by atoms with E-state index in [-0.39, 0.29) is 21.7 Å². The molecular formula is C12H16O5Ti. The molecule has 0 radical (unpaired) electrons. The molecule has 0 saturated heterocycles. The minimum absolute atomic E-state index is 0. The van der Waals surface area contributed by atoms with E-state index in [2.05, 4.69) is 0 Å². The van der Waals surface area contributed by atoms with Crippen LogP contribution in [0.3, 0.4) is 0 Å². The number of hydrogen-bond acceptors (Lipinski definition) is 5. The first-order chi connectivity index (χ1) is 8.19. The molecule has 6 heteroatoms. The Labute approximate surface area is 120 Å². The predicted molar refractivity (Wildman–Crippen MR) is 64.2 cm³/mol. The van der Waals surface area contributed by atoms with Gasteiger partial charge in [-0.15, -0.1) is 0 Å². The molecule has 2 rings (SSSR count). The van der Waals surface area contributed by atoms with E-state index in [1.54, 1.807) is 12.1 Å². The van der Waals surface area contributed by atoms with Crippen LogP contribution in [0.15, 0.2) is 42.5 Å². The first-order valence-corrected chi connectivity index (χ1v) is 4.80. The molecule has 0 aromatic heterocycles. The molecule has 0 bridgehead atoms.